The van der Waals surface area contributed by atoms with Crippen LogP contribution in [0, 0.1) is 0 Å². The summed E-state index contributed by atoms with van der Waals surface area (Å²) < 4.78 is 11.4. The lowest BCUT2D eigenvalue weighted by Gasteiger charge is -2.21. The van der Waals surface area contributed by atoms with E-state index in [1.54, 1.807) is 0 Å². The van der Waals surface area contributed by atoms with Crippen LogP contribution in [0.25, 0.3) is 0 Å². The van der Waals surface area contributed by atoms with Crippen LogP contribution in [-0.2, 0) is 4.74 Å². The van der Waals surface area contributed by atoms with Crippen molar-refractivity contribution in [3.05, 3.63) is 17.8 Å². The van der Waals surface area contributed by atoms with Crippen LogP contribution < -0.4 is 5.32 Å². The van der Waals surface area contributed by atoms with Gasteiger partial charge >= 0.3 is 0 Å². The highest BCUT2D eigenvalue weighted by Crippen LogP contribution is 2.29. The summed E-state index contributed by atoms with van der Waals surface area (Å²) in [6.07, 6.45) is 7.85. The third kappa shape index (κ3) is 2.53. The topological polar surface area (TPSA) is 47.3 Å². The molecule has 0 aliphatic carbocycles. The molecule has 17 heavy (non-hydrogen) atoms. The molecule has 4 nitrogen and oxygen atoms in total. The smallest absolute Gasteiger partial charge is 0.211 e. The maximum Gasteiger partial charge on any atom is 0.211 e. The van der Waals surface area contributed by atoms with Gasteiger partial charge in [-0.15, -0.1) is 0 Å². The Labute approximate surface area is 102 Å². The van der Waals surface area contributed by atoms with E-state index in [0.717, 1.165) is 50.7 Å². The van der Waals surface area contributed by atoms with Crippen molar-refractivity contribution in [1.29, 1.82) is 0 Å². The van der Waals surface area contributed by atoms with Crippen molar-refractivity contribution in [3.63, 3.8) is 0 Å². The van der Waals surface area contributed by atoms with Crippen LogP contribution in [0.1, 0.15) is 55.7 Å². The second kappa shape index (κ2) is 5.19. The number of piperidine rings is 1. The first kappa shape index (κ1) is 11.2. The van der Waals surface area contributed by atoms with Gasteiger partial charge in [0, 0.05) is 12.5 Å². The summed E-state index contributed by atoms with van der Waals surface area (Å²) in [7, 11) is 0. The fourth-order valence-electron chi connectivity index (χ4n) is 2.68. The van der Waals surface area contributed by atoms with Gasteiger partial charge in [0.15, 0.2) is 0 Å². The van der Waals surface area contributed by atoms with Gasteiger partial charge in [-0.25, -0.2) is 4.98 Å². The van der Waals surface area contributed by atoms with Crippen molar-refractivity contribution in [2.45, 2.75) is 44.1 Å². The van der Waals surface area contributed by atoms with E-state index in [2.05, 4.69) is 10.3 Å². The Morgan fingerprint density at radius 3 is 3.00 bits per heavy atom. The average molecular weight is 236 g/mol. The van der Waals surface area contributed by atoms with Gasteiger partial charge in [-0.3, -0.25) is 0 Å². The monoisotopic (exact) mass is 236 g/mol. The summed E-state index contributed by atoms with van der Waals surface area (Å²) >= 11 is 0. The van der Waals surface area contributed by atoms with Crippen LogP contribution >= 0.6 is 0 Å². The van der Waals surface area contributed by atoms with Crippen LogP contribution in [0.15, 0.2) is 10.6 Å². The van der Waals surface area contributed by atoms with Crippen molar-refractivity contribution < 1.29 is 9.15 Å². The van der Waals surface area contributed by atoms with Gasteiger partial charge in [-0.1, -0.05) is 6.42 Å². The molecule has 2 saturated heterocycles. The van der Waals surface area contributed by atoms with Crippen LogP contribution in [-0.4, -0.2) is 24.7 Å². The first-order chi connectivity index (χ1) is 8.43. The van der Waals surface area contributed by atoms with Crippen molar-refractivity contribution in [1.82, 2.24) is 10.3 Å². The molecule has 2 unspecified atom stereocenters. The number of rotatable bonds is 2. The van der Waals surface area contributed by atoms with Gasteiger partial charge in [0.25, 0.3) is 0 Å². The van der Waals surface area contributed by atoms with E-state index in [1.807, 2.05) is 6.20 Å². The summed E-state index contributed by atoms with van der Waals surface area (Å²) in [4.78, 5) is 4.43. The molecule has 4 heteroatoms. The van der Waals surface area contributed by atoms with E-state index in [4.69, 9.17) is 9.15 Å². The summed E-state index contributed by atoms with van der Waals surface area (Å²) in [6, 6.07) is 0.321. The molecule has 0 spiro atoms. The van der Waals surface area contributed by atoms with Gasteiger partial charge in [0.1, 0.15) is 5.76 Å². The quantitative estimate of drug-likeness (QED) is 0.856. The van der Waals surface area contributed by atoms with Gasteiger partial charge < -0.3 is 14.5 Å². The van der Waals surface area contributed by atoms with Gasteiger partial charge in [0.2, 0.25) is 5.89 Å². The Hall–Kier alpha value is -0.870. The highest BCUT2D eigenvalue weighted by Gasteiger charge is 2.24. The molecule has 3 rings (SSSR count). The summed E-state index contributed by atoms with van der Waals surface area (Å²) in [5, 5.41) is 3.46. The zero-order valence-electron chi connectivity index (χ0n) is 10.2. The van der Waals surface area contributed by atoms with Crippen LogP contribution in [0.2, 0.25) is 0 Å². The van der Waals surface area contributed by atoms with Crippen molar-refractivity contribution in [2.24, 2.45) is 0 Å². The maximum atomic E-state index is 5.91. The van der Waals surface area contributed by atoms with Crippen molar-refractivity contribution >= 4 is 0 Å². The highest BCUT2D eigenvalue weighted by molar-refractivity contribution is 5.05. The normalized spacial score (nSPS) is 30.4. The molecule has 1 aromatic heterocycles. The molecule has 2 aliphatic rings. The molecular weight excluding hydrogens is 216 g/mol. The van der Waals surface area contributed by atoms with Gasteiger partial charge in [-0.05, 0) is 32.2 Å². The molecule has 94 valence electrons. The third-order valence-corrected chi connectivity index (χ3v) is 3.71. The minimum atomic E-state index is 0.321. The first-order valence-corrected chi connectivity index (χ1v) is 6.70. The lowest BCUT2D eigenvalue weighted by atomic mass is 10.0. The summed E-state index contributed by atoms with van der Waals surface area (Å²) in [6.45, 7) is 2.75. The van der Waals surface area contributed by atoms with E-state index in [1.165, 1.54) is 12.8 Å². The minimum absolute atomic E-state index is 0.321. The largest absolute Gasteiger partial charge is 0.444 e. The van der Waals surface area contributed by atoms with Crippen LogP contribution in [0.3, 0.4) is 0 Å². The number of nitrogens with zero attached hydrogens (tertiary/aromatic N) is 1. The number of hydrogen-bond acceptors (Lipinski definition) is 4. The molecule has 1 N–H and O–H groups in total. The zero-order chi connectivity index (χ0) is 11.5. The molecule has 2 fully saturated rings. The Bertz CT molecular complexity index is 320. The fourth-order valence-corrected chi connectivity index (χ4v) is 2.68. The Balaban J connectivity index is 1.68. The third-order valence-electron chi connectivity index (χ3n) is 3.71. The van der Waals surface area contributed by atoms with Crippen LogP contribution in [0.5, 0.6) is 0 Å². The summed E-state index contributed by atoms with van der Waals surface area (Å²) in [5.41, 5.74) is 0. The van der Waals surface area contributed by atoms with Crippen molar-refractivity contribution in [2.75, 3.05) is 19.8 Å². The molecule has 3 heterocycles. The van der Waals surface area contributed by atoms with Crippen LogP contribution in [0.4, 0.5) is 0 Å². The van der Waals surface area contributed by atoms with E-state index >= 15 is 0 Å². The lowest BCUT2D eigenvalue weighted by molar-refractivity contribution is 0.0734. The summed E-state index contributed by atoms with van der Waals surface area (Å²) in [5.74, 6) is 2.28. The Kier molecular flexibility index (Phi) is 3.43. The van der Waals surface area contributed by atoms with E-state index in [9.17, 15) is 0 Å². The molecule has 1 aromatic rings. The molecule has 0 amide bonds. The number of oxazole rings is 1. The number of aromatic nitrogens is 1. The fraction of sp³-hybridized carbons (Fsp3) is 0.769. The van der Waals surface area contributed by atoms with Gasteiger partial charge in [-0.2, -0.15) is 0 Å². The Morgan fingerprint density at radius 2 is 2.24 bits per heavy atom. The lowest BCUT2D eigenvalue weighted by Crippen LogP contribution is -2.26. The van der Waals surface area contributed by atoms with E-state index in [0.29, 0.717) is 12.0 Å². The molecule has 0 saturated carbocycles. The van der Waals surface area contributed by atoms with E-state index in [-0.39, 0.29) is 0 Å². The predicted octanol–water partition coefficient (Wildman–Crippen LogP) is 2.38. The predicted molar refractivity (Wildman–Crippen MR) is 63.9 cm³/mol. The average Bonchev–Trinajstić information content (AvgIpc) is 2.90. The first-order valence-electron chi connectivity index (χ1n) is 6.70. The second-order valence-corrected chi connectivity index (χ2v) is 5.02. The van der Waals surface area contributed by atoms with Gasteiger partial charge in [0.05, 0.1) is 18.8 Å². The highest BCUT2D eigenvalue weighted by atomic mass is 16.5. The molecular formula is C13H20N2O2. The minimum Gasteiger partial charge on any atom is -0.444 e. The van der Waals surface area contributed by atoms with E-state index < -0.39 is 0 Å². The molecule has 2 atom stereocenters. The Morgan fingerprint density at radius 1 is 1.24 bits per heavy atom. The number of ether oxygens (including phenoxy) is 1. The molecule has 0 aromatic carbocycles. The SMILES string of the molecule is c1nc(C2CCCCN2)oc1C1CCCOC1. The number of nitrogens with one attached hydrogen (secondary N) is 1. The molecule has 2 aliphatic heterocycles. The molecule has 0 radical (unpaired) electrons. The number of hydrogen-bond donors (Lipinski definition) is 1. The van der Waals surface area contributed by atoms with Crippen molar-refractivity contribution in [3.8, 4) is 0 Å². The zero-order valence-corrected chi connectivity index (χ0v) is 10.2. The maximum absolute atomic E-state index is 5.91. The second-order valence-electron chi connectivity index (χ2n) is 5.02. The standard InChI is InChI=1S/C13H20N2O2/c1-2-6-14-11(5-1)13-15-8-12(17-13)10-4-3-7-16-9-10/h8,10-11,14H,1-7,9H2. The molecule has 0 bridgehead atoms.